The lowest BCUT2D eigenvalue weighted by Crippen LogP contribution is -2.14. The van der Waals surface area contributed by atoms with Crippen molar-refractivity contribution in [3.63, 3.8) is 0 Å². The smallest absolute Gasteiger partial charge is 0.328 e. The molecule has 0 unspecified atom stereocenters. The largest absolute Gasteiger partial charge is 0.478 e. The van der Waals surface area contributed by atoms with Gasteiger partial charge in [0.1, 0.15) is 10.7 Å². The van der Waals surface area contributed by atoms with E-state index in [4.69, 9.17) is 16.7 Å². The SMILES string of the molecule is CC(C)c1nn(C)c(Cl)c1C(=O)Nc1ccc(C=CC(=O)O)cc1. The Hall–Kier alpha value is -2.60. The van der Waals surface area contributed by atoms with Crippen molar-refractivity contribution in [1.82, 2.24) is 9.78 Å². The van der Waals surface area contributed by atoms with E-state index in [0.29, 0.717) is 16.9 Å². The molecule has 126 valence electrons. The van der Waals surface area contributed by atoms with Gasteiger partial charge in [0.2, 0.25) is 0 Å². The Balaban J connectivity index is 2.20. The maximum atomic E-state index is 12.5. The molecule has 1 amide bonds. The van der Waals surface area contributed by atoms with Gasteiger partial charge < -0.3 is 10.4 Å². The molecule has 1 heterocycles. The third-order valence-corrected chi connectivity index (χ3v) is 3.80. The summed E-state index contributed by atoms with van der Waals surface area (Å²) < 4.78 is 1.48. The number of hydrogen-bond donors (Lipinski definition) is 2. The number of carboxylic acid groups (broad SMARTS) is 1. The van der Waals surface area contributed by atoms with E-state index in [-0.39, 0.29) is 17.0 Å². The van der Waals surface area contributed by atoms with Crippen molar-refractivity contribution in [2.45, 2.75) is 19.8 Å². The highest BCUT2D eigenvalue weighted by Gasteiger charge is 2.23. The summed E-state index contributed by atoms with van der Waals surface area (Å²) in [4.78, 5) is 23.0. The molecule has 1 aromatic carbocycles. The van der Waals surface area contributed by atoms with Crippen molar-refractivity contribution in [2.75, 3.05) is 5.32 Å². The molecule has 0 spiro atoms. The van der Waals surface area contributed by atoms with Gasteiger partial charge in [0.25, 0.3) is 5.91 Å². The molecular formula is C17H18ClN3O3. The van der Waals surface area contributed by atoms with E-state index in [1.54, 1.807) is 31.3 Å². The Morgan fingerprint density at radius 1 is 1.29 bits per heavy atom. The first-order valence-electron chi connectivity index (χ1n) is 7.34. The Kier molecular flexibility index (Phi) is 5.41. The number of halogens is 1. The topological polar surface area (TPSA) is 84.2 Å². The zero-order valence-corrected chi connectivity index (χ0v) is 14.3. The normalized spacial score (nSPS) is 11.2. The molecule has 2 aromatic rings. The number of aryl methyl sites for hydroxylation is 1. The van der Waals surface area contributed by atoms with Crippen molar-refractivity contribution < 1.29 is 14.7 Å². The summed E-state index contributed by atoms with van der Waals surface area (Å²) in [6, 6.07) is 6.81. The van der Waals surface area contributed by atoms with E-state index in [2.05, 4.69) is 10.4 Å². The zero-order valence-electron chi connectivity index (χ0n) is 13.6. The van der Waals surface area contributed by atoms with Crippen molar-refractivity contribution in [1.29, 1.82) is 0 Å². The van der Waals surface area contributed by atoms with E-state index < -0.39 is 5.97 Å². The highest BCUT2D eigenvalue weighted by molar-refractivity contribution is 6.33. The lowest BCUT2D eigenvalue weighted by atomic mass is 10.1. The summed E-state index contributed by atoms with van der Waals surface area (Å²) in [6.45, 7) is 3.89. The summed E-state index contributed by atoms with van der Waals surface area (Å²) in [6.07, 6.45) is 2.53. The predicted octanol–water partition coefficient (Wildman–Crippen LogP) is 3.55. The molecule has 0 bridgehead atoms. The second-order valence-corrected chi connectivity index (χ2v) is 5.94. The highest BCUT2D eigenvalue weighted by atomic mass is 35.5. The molecule has 2 N–H and O–H groups in total. The van der Waals surface area contributed by atoms with Crippen LogP contribution in [0.4, 0.5) is 5.69 Å². The van der Waals surface area contributed by atoms with Gasteiger partial charge in [-0.05, 0) is 29.7 Å². The monoisotopic (exact) mass is 347 g/mol. The number of nitrogens with one attached hydrogen (secondary N) is 1. The Bertz CT molecular complexity index is 792. The molecule has 0 atom stereocenters. The Morgan fingerprint density at radius 3 is 2.46 bits per heavy atom. The van der Waals surface area contributed by atoms with Crippen LogP contribution < -0.4 is 5.32 Å². The fourth-order valence-electron chi connectivity index (χ4n) is 2.18. The number of carbonyl (C=O) groups excluding carboxylic acids is 1. The van der Waals surface area contributed by atoms with Crippen molar-refractivity contribution in [3.05, 3.63) is 52.3 Å². The molecule has 0 aliphatic rings. The number of benzene rings is 1. The number of carbonyl (C=O) groups is 2. The van der Waals surface area contributed by atoms with Crippen LogP contribution in [0.5, 0.6) is 0 Å². The average Bonchev–Trinajstić information content (AvgIpc) is 2.82. The quantitative estimate of drug-likeness (QED) is 0.810. The van der Waals surface area contributed by atoms with E-state index >= 15 is 0 Å². The number of nitrogens with zero attached hydrogens (tertiary/aromatic N) is 2. The molecule has 0 radical (unpaired) electrons. The molecule has 6 nitrogen and oxygen atoms in total. The first-order chi connectivity index (χ1) is 11.3. The number of carboxylic acids is 1. The number of hydrogen-bond acceptors (Lipinski definition) is 3. The van der Waals surface area contributed by atoms with Gasteiger partial charge in [-0.15, -0.1) is 0 Å². The molecule has 24 heavy (non-hydrogen) atoms. The molecule has 1 aromatic heterocycles. The lowest BCUT2D eigenvalue weighted by molar-refractivity contribution is -0.131. The van der Waals surface area contributed by atoms with E-state index in [1.165, 1.54) is 10.8 Å². The zero-order chi connectivity index (χ0) is 17.9. The predicted molar refractivity (Wildman–Crippen MR) is 93.4 cm³/mol. The van der Waals surface area contributed by atoms with Crippen LogP contribution in [0.3, 0.4) is 0 Å². The molecule has 0 aliphatic heterocycles. The van der Waals surface area contributed by atoms with Crippen molar-refractivity contribution in [2.24, 2.45) is 7.05 Å². The standard InChI is InChI=1S/C17H18ClN3O3/c1-10(2)15-14(16(18)21(3)20-15)17(24)19-12-7-4-11(5-8-12)6-9-13(22)23/h4-10H,1-3H3,(H,19,24)(H,22,23). The van der Waals surface area contributed by atoms with Crippen LogP contribution >= 0.6 is 11.6 Å². The molecular weight excluding hydrogens is 330 g/mol. The fourth-order valence-corrected chi connectivity index (χ4v) is 2.40. The maximum absolute atomic E-state index is 12.5. The third-order valence-electron chi connectivity index (χ3n) is 3.37. The van der Waals surface area contributed by atoms with Gasteiger partial charge in [-0.25, -0.2) is 4.79 Å². The summed E-state index contributed by atoms with van der Waals surface area (Å²) in [5.41, 5.74) is 2.31. The number of aliphatic carboxylic acids is 1. The van der Waals surface area contributed by atoms with E-state index in [1.807, 2.05) is 13.8 Å². The van der Waals surface area contributed by atoms with Crippen molar-refractivity contribution in [3.8, 4) is 0 Å². The third kappa shape index (κ3) is 4.02. The minimum absolute atomic E-state index is 0.0629. The molecule has 2 rings (SSSR count). The van der Waals surface area contributed by atoms with Gasteiger partial charge in [0, 0.05) is 18.8 Å². The summed E-state index contributed by atoms with van der Waals surface area (Å²) in [7, 11) is 1.69. The summed E-state index contributed by atoms with van der Waals surface area (Å²) in [5.74, 6) is -1.28. The number of anilines is 1. The van der Waals surface area contributed by atoms with Gasteiger partial charge in [-0.3, -0.25) is 9.48 Å². The highest BCUT2D eigenvalue weighted by Crippen LogP contribution is 2.26. The number of aromatic nitrogens is 2. The van der Waals surface area contributed by atoms with Crippen LogP contribution in [0.25, 0.3) is 6.08 Å². The average molecular weight is 348 g/mol. The lowest BCUT2D eigenvalue weighted by Gasteiger charge is -2.08. The van der Waals surface area contributed by atoms with Gasteiger partial charge in [0.15, 0.2) is 0 Å². The van der Waals surface area contributed by atoms with E-state index in [0.717, 1.165) is 11.6 Å². The van der Waals surface area contributed by atoms with Gasteiger partial charge in [0.05, 0.1) is 5.69 Å². The minimum atomic E-state index is -1.01. The fraction of sp³-hybridized carbons (Fsp3) is 0.235. The molecule has 0 aliphatic carbocycles. The molecule has 0 saturated heterocycles. The molecule has 7 heteroatoms. The van der Waals surface area contributed by atoms with Crippen LogP contribution in [-0.4, -0.2) is 26.8 Å². The van der Waals surface area contributed by atoms with Crippen LogP contribution in [-0.2, 0) is 11.8 Å². The summed E-state index contributed by atoms with van der Waals surface area (Å²) in [5, 5.41) is 16.0. The van der Waals surface area contributed by atoms with Crippen LogP contribution in [0.1, 0.15) is 41.4 Å². The first kappa shape index (κ1) is 17.7. The van der Waals surface area contributed by atoms with Crippen LogP contribution in [0.2, 0.25) is 5.15 Å². The minimum Gasteiger partial charge on any atom is -0.478 e. The molecule has 0 fully saturated rings. The summed E-state index contributed by atoms with van der Waals surface area (Å²) >= 11 is 6.19. The maximum Gasteiger partial charge on any atom is 0.328 e. The molecule has 0 saturated carbocycles. The van der Waals surface area contributed by atoms with Crippen LogP contribution in [0, 0.1) is 0 Å². The second-order valence-electron chi connectivity index (χ2n) is 5.58. The Morgan fingerprint density at radius 2 is 1.92 bits per heavy atom. The Labute approximate surface area is 144 Å². The first-order valence-corrected chi connectivity index (χ1v) is 7.72. The van der Waals surface area contributed by atoms with Crippen molar-refractivity contribution >= 4 is 35.2 Å². The van der Waals surface area contributed by atoms with Crippen LogP contribution in [0.15, 0.2) is 30.3 Å². The van der Waals surface area contributed by atoms with Gasteiger partial charge in [-0.2, -0.15) is 5.10 Å². The number of amides is 1. The van der Waals surface area contributed by atoms with Gasteiger partial charge >= 0.3 is 5.97 Å². The second kappa shape index (κ2) is 7.31. The number of rotatable bonds is 5. The van der Waals surface area contributed by atoms with Gasteiger partial charge in [-0.1, -0.05) is 37.6 Å². The van der Waals surface area contributed by atoms with E-state index in [9.17, 15) is 9.59 Å².